The Balaban J connectivity index is 3.20. The fourth-order valence-electron chi connectivity index (χ4n) is 1.09. The molecule has 1 rings (SSSR count). The number of carboxylic acids is 1. The van der Waals surface area contributed by atoms with E-state index in [4.69, 9.17) is 5.11 Å². The largest absolute Gasteiger partial charge is 0.481 e. The molecule has 0 aliphatic rings. The van der Waals surface area contributed by atoms with Crippen molar-refractivity contribution in [3.8, 4) is 0 Å². The minimum Gasteiger partial charge on any atom is -0.481 e. The minimum absolute atomic E-state index is 0.489. The Labute approximate surface area is 87.7 Å². The molecule has 1 N–H and O–H groups in total. The quantitative estimate of drug-likeness (QED) is 0.627. The molecule has 0 spiro atoms. The highest BCUT2D eigenvalue weighted by Gasteiger charge is 2.23. The van der Waals surface area contributed by atoms with Crippen molar-refractivity contribution in [1.29, 1.82) is 0 Å². The van der Waals surface area contributed by atoms with Crippen molar-refractivity contribution in [3.05, 3.63) is 33.5 Å². The van der Waals surface area contributed by atoms with Gasteiger partial charge in [-0.1, -0.05) is 0 Å². The van der Waals surface area contributed by atoms with Gasteiger partial charge in [-0.3, -0.25) is 4.79 Å². The fraction of sp³-hybridized carbons (Fsp3) is 0.250. The van der Waals surface area contributed by atoms with Crippen molar-refractivity contribution >= 4 is 11.8 Å². The lowest BCUT2D eigenvalue weighted by Gasteiger charge is -2.02. The highest BCUT2D eigenvalue weighted by Crippen LogP contribution is 2.24. The summed E-state index contributed by atoms with van der Waals surface area (Å²) < 4.78 is 24.8. The van der Waals surface area contributed by atoms with E-state index in [-0.39, 0.29) is 0 Å². The maximum atomic E-state index is 12.4. The van der Waals surface area contributed by atoms with E-state index in [1.165, 1.54) is 0 Å². The molecule has 1 aromatic rings. The predicted octanol–water partition coefficient (Wildman–Crippen LogP) is 1.55. The van der Waals surface area contributed by atoms with Gasteiger partial charge < -0.3 is 15.2 Å². The zero-order valence-corrected chi connectivity index (χ0v) is 7.76. The van der Waals surface area contributed by atoms with Gasteiger partial charge in [0, 0.05) is 6.07 Å². The van der Waals surface area contributed by atoms with Crippen LogP contribution < -0.4 is 0 Å². The zero-order chi connectivity index (χ0) is 12.3. The molecule has 0 aromatic carbocycles. The summed E-state index contributed by atoms with van der Waals surface area (Å²) >= 11 is 0. The van der Waals surface area contributed by atoms with Crippen molar-refractivity contribution in [2.24, 2.45) is 0 Å². The summed E-state index contributed by atoms with van der Waals surface area (Å²) in [5.41, 5.74) is -1.09. The van der Waals surface area contributed by atoms with Gasteiger partial charge in [-0.15, -0.1) is 0 Å². The molecule has 0 aliphatic heterocycles. The minimum atomic E-state index is -2.91. The number of pyridine rings is 1. The molecular formula is C8H6F2N2O4. The van der Waals surface area contributed by atoms with Crippen LogP contribution in [0.4, 0.5) is 14.6 Å². The molecule has 0 aliphatic carbocycles. The number of rotatable bonds is 4. The number of nitro groups is 1. The summed E-state index contributed by atoms with van der Waals surface area (Å²) in [5, 5.41) is 18.8. The summed E-state index contributed by atoms with van der Waals surface area (Å²) in [5.74, 6) is -2.03. The Kier molecular flexibility index (Phi) is 3.44. The number of carbonyl (C=O) groups is 1. The molecule has 6 nitrogen and oxygen atoms in total. The summed E-state index contributed by atoms with van der Waals surface area (Å²) in [4.78, 5) is 23.1. The molecular weight excluding hydrogens is 226 g/mol. The number of halogens is 2. The fourth-order valence-corrected chi connectivity index (χ4v) is 1.09. The van der Waals surface area contributed by atoms with Crippen molar-refractivity contribution < 1.29 is 23.6 Å². The first-order valence-corrected chi connectivity index (χ1v) is 4.06. The normalized spacial score (nSPS) is 10.4. The third-order valence-corrected chi connectivity index (χ3v) is 1.74. The van der Waals surface area contributed by atoms with Crippen LogP contribution in [0, 0.1) is 10.1 Å². The third kappa shape index (κ3) is 2.69. The molecule has 0 saturated heterocycles. The maximum absolute atomic E-state index is 12.4. The molecule has 0 bridgehead atoms. The average Bonchev–Trinajstić information content (AvgIpc) is 2.15. The molecule has 1 aromatic heterocycles. The van der Waals surface area contributed by atoms with Gasteiger partial charge >= 0.3 is 11.8 Å². The number of nitrogens with zero attached hydrogens (tertiary/aromatic N) is 2. The van der Waals surface area contributed by atoms with E-state index in [0.29, 0.717) is 0 Å². The van der Waals surface area contributed by atoms with Gasteiger partial charge in [-0.2, -0.15) is 0 Å². The van der Waals surface area contributed by atoms with Gasteiger partial charge in [0.05, 0.1) is 5.56 Å². The van der Waals surface area contributed by atoms with Gasteiger partial charge in [-0.25, -0.2) is 8.78 Å². The van der Waals surface area contributed by atoms with Crippen LogP contribution >= 0.6 is 0 Å². The summed E-state index contributed by atoms with van der Waals surface area (Å²) in [6.07, 6.45) is -3.69. The number of alkyl halides is 2. The summed E-state index contributed by atoms with van der Waals surface area (Å²) in [6, 6.07) is 1.63. The molecule has 1 heterocycles. The first kappa shape index (κ1) is 12.0. The van der Waals surface area contributed by atoms with Crippen molar-refractivity contribution in [1.82, 2.24) is 4.98 Å². The molecule has 8 heteroatoms. The number of carboxylic acid groups (broad SMARTS) is 1. The zero-order valence-electron chi connectivity index (χ0n) is 7.76. The van der Waals surface area contributed by atoms with Gasteiger partial charge in [-0.05, 0) is 16.0 Å². The SMILES string of the molecule is O=C(O)Cc1nc([N+](=O)[O-])ccc1C(F)F. The number of aliphatic carboxylic acids is 1. The molecule has 16 heavy (non-hydrogen) atoms. The lowest BCUT2D eigenvalue weighted by Crippen LogP contribution is -2.08. The first-order chi connectivity index (χ1) is 7.41. The van der Waals surface area contributed by atoms with Crippen molar-refractivity contribution in [2.45, 2.75) is 12.8 Å². The molecule has 0 radical (unpaired) electrons. The van der Waals surface area contributed by atoms with Crippen LogP contribution in [-0.2, 0) is 11.2 Å². The Morgan fingerprint density at radius 3 is 2.62 bits per heavy atom. The monoisotopic (exact) mass is 232 g/mol. The molecule has 0 atom stereocenters. The van der Waals surface area contributed by atoms with E-state index >= 15 is 0 Å². The maximum Gasteiger partial charge on any atom is 0.363 e. The van der Waals surface area contributed by atoms with Gasteiger partial charge in [0.25, 0.3) is 6.43 Å². The van der Waals surface area contributed by atoms with E-state index in [2.05, 4.69) is 4.98 Å². The second kappa shape index (κ2) is 4.60. The summed E-state index contributed by atoms with van der Waals surface area (Å²) in [6.45, 7) is 0. The number of hydrogen-bond acceptors (Lipinski definition) is 4. The number of hydrogen-bond donors (Lipinski definition) is 1. The Morgan fingerprint density at radius 2 is 2.19 bits per heavy atom. The second-order valence-corrected chi connectivity index (χ2v) is 2.83. The van der Waals surface area contributed by atoms with E-state index in [1.807, 2.05) is 0 Å². The van der Waals surface area contributed by atoms with Gasteiger partial charge in [0.1, 0.15) is 6.42 Å². The molecule has 0 saturated carbocycles. The highest BCUT2D eigenvalue weighted by molar-refractivity contribution is 5.70. The van der Waals surface area contributed by atoms with Crippen molar-refractivity contribution in [3.63, 3.8) is 0 Å². The van der Waals surface area contributed by atoms with Gasteiger partial charge in [0.2, 0.25) is 0 Å². The summed E-state index contributed by atoms with van der Waals surface area (Å²) in [7, 11) is 0. The Bertz CT molecular complexity index is 436. The third-order valence-electron chi connectivity index (χ3n) is 1.74. The van der Waals surface area contributed by atoms with Crippen LogP contribution in [0.5, 0.6) is 0 Å². The van der Waals surface area contributed by atoms with Crippen LogP contribution in [0.2, 0.25) is 0 Å². The first-order valence-electron chi connectivity index (χ1n) is 4.06. The van der Waals surface area contributed by atoms with E-state index in [9.17, 15) is 23.7 Å². The lowest BCUT2D eigenvalue weighted by atomic mass is 10.1. The van der Waals surface area contributed by atoms with E-state index in [0.717, 1.165) is 12.1 Å². The lowest BCUT2D eigenvalue weighted by molar-refractivity contribution is -0.389. The molecule has 86 valence electrons. The average molecular weight is 232 g/mol. The number of aromatic nitrogens is 1. The van der Waals surface area contributed by atoms with Crippen molar-refractivity contribution in [2.75, 3.05) is 0 Å². The van der Waals surface area contributed by atoms with Crippen LogP contribution in [-0.4, -0.2) is 21.0 Å². The van der Waals surface area contributed by atoms with Crippen LogP contribution in [0.3, 0.4) is 0 Å². The molecule has 0 fully saturated rings. The molecule has 0 unspecified atom stereocenters. The van der Waals surface area contributed by atoms with Gasteiger partial charge in [0.15, 0.2) is 5.69 Å². The highest BCUT2D eigenvalue weighted by atomic mass is 19.3. The smallest absolute Gasteiger partial charge is 0.363 e. The Morgan fingerprint density at radius 1 is 1.56 bits per heavy atom. The second-order valence-electron chi connectivity index (χ2n) is 2.83. The standard InChI is InChI=1S/C8H6F2N2O4/c9-8(10)4-1-2-6(12(15)16)11-5(4)3-7(13)14/h1-2,8H,3H2,(H,13,14). The molecule has 0 amide bonds. The Hall–Kier alpha value is -2.12. The van der Waals surface area contributed by atoms with Crippen LogP contribution in [0.15, 0.2) is 12.1 Å². The van der Waals surface area contributed by atoms with Crippen LogP contribution in [0.1, 0.15) is 17.7 Å². The van der Waals surface area contributed by atoms with E-state index < -0.39 is 40.8 Å². The van der Waals surface area contributed by atoms with E-state index in [1.54, 1.807) is 0 Å². The predicted molar refractivity (Wildman–Crippen MR) is 47.2 cm³/mol. The van der Waals surface area contributed by atoms with Crippen LogP contribution in [0.25, 0.3) is 0 Å². The topological polar surface area (TPSA) is 93.3 Å².